The van der Waals surface area contributed by atoms with E-state index >= 15 is 0 Å². The first-order valence-corrected chi connectivity index (χ1v) is 6.59. The van der Waals surface area contributed by atoms with Crippen molar-refractivity contribution in [2.75, 3.05) is 0 Å². The van der Waals surface area contributed by atoms with Crippen molar-refractivity contribution in [1.29, 1.82) is 5.26 Å². The highest BCUT2D eigenvalue weighted by Gasteiger charge is 2.18. The summed E-state index contributed by atoms with van der Waals surface area (Å²) in [6, 6.07) is 17.2. The summed E-state index contributed by atoms with van der Waals surface area (Å²) in [5.41, 5.74) is 8.90. The standard InChI is InChI=1S/C17H18N2O/c1-12-4-3-5-15(10-12)17(13(2)19)20-16-8-6-14(11-18)7-9-16/h3-10,13,17H,19H2,1-2H3. The van der Waals surface area contributed by atoms with Crippen molar-refractivity contribution in [2.45, 2.75) is 26.0 Å². The van der Waals surface area contributed by atoms with Crippen LogP contribution < -0.4 is 10.5 Å². The van der Waals surface area contributed by atoms with Crippen molar-refractivity contribution in [2.24, 2.45) is 5.73 Å². The molecule has 3 heteroatoms. The van der Waals surface area contributed by atoms with E-state index in [4.69, 9.17) is 15.7 Å². The molecule has 0 aliphatic heterocycles. The predicted molar refractivity (Wildman–Crippen MR) is 79.4 cm³/mol. The Labute approximate surface area is 119 Å². The Bertz CT molecular complexity index is 612. The molecular formula is C17H18N2O. The van der Waals surface area contributed by atoms with Gasteiger partial charge in [-0.25, -0.2) is 0 Å². The first kappa shape index (κ1) is 14.1. The lowest BCUT2D eigenvalue weighted by atomic mass is 10.0. The van der Waals surface area contributed by atoms with E-state index in [1.54, 1.807) is 24.3 Å². The number of benzene rings is 2. The van der Waals surface area contributed by atoms with Gasteiger partial charge in [-0.2, -0.15) is 5.26 Å². The summed E-state index contributed by atoms with van der Waals surface area (Å²) in [7, 11) is 0. The molecule has 0 spiro atoms. The van der Waals surface area contributed by atoms with Crippen molar-refractivity contribution in [1.82, 2.24) is 0 Å². The molecule has 2 rings (SSSR count). The molecule has 2 aromatic rings. The van der Waals surface area contributed by atoms with Crippen LogP contribution in [0.3, 0.4) is 0 Å². The van der Waals surface area contributed by atoms with Gasteiger partial charge >= 0.3 is 0 Å². The Balaban J connectivity index is 2.23. The summed E-state index contributed by atoms with van der Waals surface area (Å²) >= 11 is 0. The zero-order chi connectivity index (χ0) is 14.5. The molecule has 2 aromatic carbocycles. The van der Waals surface area contributed by atoms with Crippen LogP contribution in [-0.2, 0) is 0 Å². The number of hydrogen-bond acceptors (Lipinski definition) is 3. The van der Waals surface area contributed by atoms with Gasteiger partial charge in [-0.1, -0.05) is 29.8 Å². The molecule has 0 heterocycles. The van der Waals surface area contributed by atoms with Gasteiger partial charge in [0.1, 0.15) is 11.9 Å². The monoisotopic (exact) mass is 266 g/mol. The third-order valence-electron chi connectivity index (χ3n) is 3.09. The predicted octanol–water partition coefficient (Wildman–Crippen LogP) is 3.33. The second-order valence-electron chi connectivity index (χ2n) is 4.95. The largest absolute Gasteiger partial charge is 0.484 e. The quantitative estimate of drug-likeness (QED) is 0.923. The van der Waals surface area contributed by atoms with Crippen LogP contribution in [0.1, 0.15) is 29.7 Å². The average Bonchev–Trinajstić information content (AvgIpc) is 2.45. The van der Waals surface area contributed by atoms with Gasteiger partial charge in [-0.3, -0.25) is 0 Å². The fourth-order valence-corrected chi connectivity index (χ4v) is 2.08. The van der Waals surface area contributed by atoms with Gasteiger partial charge in [0.25, 0.3) is 0 Å². The summed E-state index contributed by atoms with van der Waals surface area (Å²) in [4.78, 5) is 0. The molecule has 3 nitrogen and oxygen atoms in total. The Morgan fingerprint density at radius 1 is 1.15 bits per heavy atom. The molecule has 0 radical (unpaired) electrons. The van der Waals surface area contributed by atoms with Crippen LogP contribution in [0.5, 0.6) is 5.75 Å². The molecule has 0 aliphatic carbocycles. The number of ether oxygens (including phenoxy) is 1. The summed E-state index contributed by atoms with van der Waals surface area (Å²) in [6.07, 6.45) is -0.206. The number of rotatable bonds is 4. The third kappa shape index (κ3) is 3.37. The van der Waals surface area contributed by atoms with Crippen molar-refractivity contribution in [3.63, 3.8) is 0 Å². The van der Waals surface area contributed by atoms with Crippen LogP contribution in [0, 0.1) is 18.3 Å². The molecule has 0 saturated heterocycles. The zero-order valence-electron chi connectivity index (χ0n) is 11.7. The van der Waals surface area contributed by atoms with Crippen LogP contribution in [-0.4, -0.2) is 6.04 Å². The lowest BCUT2D eigenvalue weighted by Crippen LogP contribution is -2.29. The Morgan fingerprint density at radius 2 is 1.85 bits per heavy atom. The first-order chi connectivity index (χ1) is 9.60. The van der Waals surface area contributed by atoms with E-state index in [2.05, 4.69) is 12.1 Å². The lowest BCUT2D eigenvalue weighted by molar-refractivity contribution is 0.180. The fourth-order valence-electron chi connectivity index (χ4n) is 2.08. The smallest absolute Gasteiger partial charge is 0.138 e. The van der Waals surface area contributed by atoms with Crippen LogP contribution in [0.4, 0.5) is 0 Å². The van der Waals surface area contributed by atoms with Gasteiger partial charge in [0.2, 0.25) is 0 Å². The Kier molecular flexibility index (Phi) is 4.39. The number of hydrogen-bond donors (Lipinski definition) is 1. The fraction of sp³-hybridized carbons (Fsp3) is 0.235. The lowest BCUT2D eigenvalue weighted by Gasteiger charge is -2.23. The summed E-state index contributed by atoms with van der Waals surface area (Å²) < 4.78 is 5.98. The van der Waals surface area contributed by atoms with Gasteiger partial charge < -0.3 is 10.5 Å². The molecule has 102 valence electrons. The molecular weight excluding hydrogens is 248 g/mol. The minimum atomic E-state index is -0.206. The normalized spacial score (nSPS) is 13.3. The molecule has 2 N–H and O–H groups in total. The van der Waals surface area contributed by atoms with Gasteiger partial charge in [0.05, 0.1) is 11.6 Å². The maximum atomic E-state index is 8.80. The number of aryl methyl sites for hydroxylation is 1. The maximum absolute atomic E-state index is 8.80. The van der Waals surface area contributed by atoms with Crippen molar-refractivity contribution in [3.05, 3.63) is 65.2 Å². The molecule has 0 amide bonds. The highest BCUT2D eigenvalue weighted by Crippen LogP contribution is 2.25. The summed E-state index contributed by atoms with van der Waals surface area (Å²) in [5, 5.41) is 8.80. The highest BCUT2D eigenvalue weighted by atomic mass is 16.5. The van der Waals surface area contributed by atoms with Gasteiger partial charge in [-0.15, -0.1) is 0 Å². The van der Waals surface area contributed by atoms with E-state index < -0.39 is 0 Å². The number of nitriles is 1. The van der Waals surface area contributed by atoms with Crippen LogP contribution in [0.25, 0.3) is 0 Å². The second-order valence-corrected chi connectivity index (χ2v) is 4.95. The first-order valence-electron chi connectivity index (χ1n) is 6.59. The molecule has 2 unspecified atom stereocenters. The van der Waals surface area contributed by atoms with E-state index in [9.17, 15) is 0 Å². The van der Waals surface area contributed by atoms with Gasteiger partial charge in [0, 0.05) is 6.04 Å². The van der Waals surface area contributed by atoms with E-state index in [-0.39, 0.29) is 12.1 Å². The molecule has 0 fully saturated rings. The summed E-state index contributed by atoms with van der Waals surface area (Å²) in [6.45, 7) is 3.97. The maximum Gasteiger partial charge on any atom is 0.138 e. The molecule has 0 bridgehead atoms. The van der Waals surface area contributed by atoms with E-state index in [0.717, 1.165) is 5.56 Å². The van der Waals surface area contributed by atoms with Crippen molar-refractivity contribution in [3.8, 4) is 11.8 Å². The van der Waals surface area contributed by atoms with Crippen LogP contribution >= 0.6 is 0 Å². The number of nitrogens with zero attached hydrogens (tertiary/aromatic N) is 1. The molecule has 20 heavy (non-hydrogen) atoms. The zero-order valence-corrected chi connectivity index (χ0v) is 11.7. The molecule has 2 atom stereocenters. The highest BCUT2D eigenvalue weighted by molar-refractivity contribution is 5.35. The Hall–Kier alpha value is -2.31. The number of nitrogens with two attached hydrogens (primary N) is 1. The minimum Gasteiger partial charge on any atom is -0.484 e. The summed E-state index contributed by atoms with van der Waals surface area (Å²) in [5.74, 6) is 0.716. The minimum absolute atomic E-state index is 0.132. The van der Waals surface area contributed by atoms with Gasteiger partial charge in [-0.05, 0) is 43.7 Å². The van der Waals surface area contributed by atoms with E-state index in [1.807, 2.05) is 32.0 Å². The van der Waals surface area contributed by atoms with Crippen LogP contribution in [0.2, 0.25) is 0 Å². The topological polar surface area (TPSA) is 59.0 Å². The van der Waals surface area contributed by atoms with E-state index in [0.29, 0.717) is 11.3 Å². The van der Waals surface area contributed by atoms with Gasteiger partial charge in [0.15, 0.2) is 0 Å². The van der Waals surface area contributed by atoms with Crippen molar-refractivity contribution >= 4 is 0 Å². The average molecular weight is 266 g/mol. The van der Waals surface area contributed by atoms with E-state index in [1.165, 1.54) is 5.56 Å². The third-order valence-corrected chi connectivity index (χ3v) is 3.09. The molecule has 0 aliphatic rings. The second kappa shape index (κ2) is 6.23. The van der Waals surface area contributed by atoms with Crippen molar-refractivity contribution < 1.29 is 4.74 Å². The Morgan fingerprint density at radius 3 is 2.40 bits per heavy atom. The van der Waals surface area contributed by atoms with Crippen LogP contribution in [0.15, 0.2) is 48.5 Å². The molecule has 0 aromatic heterocycles. The SMILES string of the molecule is Cc1cccc(C(Oc2ccc(C#N)cc2)C(C)N)c1. The molecule has 0 saturated carbocycles.